The molecule has 0 amide bonds. The fraction of sp³-hybridized carbons (Fsp3) is 0.769. The van der Waals surface area contributed by atoms with E-state index < -0.39 is 0 Å². The average Bonchev–Trinajstić information content (AvgIpc) is 2.42. The number of nitrogens with one attached hydrogen (secondary N) is 1. The van der Waals surface area contributed by atoms with E-state index in [2.05, 4.69) is 43.4 Å². The van der Waals surface area contributed by atoms with Gasteiger partial charge in [-0.2, -0.15) is 0 Å². The number of nitrogens with zero attached hydrogens (tertiary/aromatic N) is 1. The minimum absolute atomic E-state index is 0.158. The standard InChI is InChI=1S/C13H22N2S/c1-9(10-6-5-7-10)15-11(13(2,3)4)8-14-12(15)16/h8-10H,5-7H2,1-4H3,(H,14,16). The first kappa shape index (κ1) is 11.9. The van der Waals surface area contributed by atoms with Crippen LogP contribution in [-0.4, -0.2) is 9.55 Å². The summed E-state index contributed by atoms with van der Waals surface area (Å²) in [6.45, 7) is 9.04. The van der Waals surface area contributed by atoms with Gasteiger partial charge in [-0.25, -0.2) is 0 Å². The van der Waals surface area contributed by atoms with Crippen molar-refractivity contribution in [2.75, 3.05) is 0 Å². The molecule has 16 heavy (non-hydrogen) atoms. The van der Waals surface area contributed by atoms with Gasteiger partial charge in [0.1, 0.15) is 0 Å². The molecule has 0 spiro atoms. The zero-order valence-electron chi connectivity index (χ0n) is 10.7. The number of imidazole rings is 1. The van der Waals surface area contributed by atoms with Gasteiger partial charge in [0, 0.05) is 23.3 Å². The van der Waals surface area contributed by atoms with Crippen LogP contribution < -0.4 is 0 Å². The molecule has 1 atom stereocenters. The van der Waals surface area contributed by atoms with Crippen LogP contribution in [0.4, 0.5) is 0 Å². The minimum atomic E-state index is 0.158. The van der Waals surface area contributed by atoms with Gasteiger partial charge in [-0.3, -0.25) is 0 Å². The summed E-state index contributed by atoms with van der Waals surface area (Å²) in [5, 5.41) is 0. The lowest BCUT2D eigenvalue weighted by Gasteiger charge is -2.35. The summed E-state index contributed by atoms with van der Waals surface area (Å²) in [5.41, 5.74) is 1.49. The molecule has 0 radical (unpaired) electrons. The summed E-state index contributed by atoms with van der Waals surface area (Å²) < 4.78 is 3.21. The SMILES string of the molecule is CC(C1CCC1)n1c(C(C)(C)C)c[nH]c1=S. The number of hydrogen-bond acceptors (Lipinski definition) is 1. The van der Waals surface area contributed by atoms with Crippen molar-refractivity contribution in [3.63, 3.8) is 0 Å². The minimum Gasteiger partial charge on any atom is -0.337 e. The quantitative estimate of drug-likeness (QED) is 0.766. The molecule has 1 aromatic heterocycles. The first-order valence-electron chi connectivity index (χ1n) is 6.21. The zero-order valence-corrected chi connectivity index (χ0v) is 11.5. The fourth-order valence-corrected chi connectivity index (χ4v) is 2.82. The molecule has 2 nitrogen and oxygen atoms in total. The summed E-state index contributed by atoms with van der Waals surface area (Å²) in [6.07, 6.45) is 6.19. The van der Waals surface area contributed by atoms with Crippen LogP contribution >= 0.6 is 12.2 Å². The molecule has 1 heterocycles. The molecule has 1 saturated carbocycles. The van der Waals surface area contributed by atoms with E-state index in [1.165, 1.54) is 25.0 Å². The maximum absolute atomic E-state index is 5.42. The second-order valence-electron chi connectivity index (χ2n) is 6.03. The lowest BCUT2D eigenvalue weighted by atomic mass is 9.80. The van der Waals surface area contributed by atoms with Crippen LogP contribution in [0.5, 0.6) is 0 Å². The van der Waals surface area contributed by atoms with Gasteiger partial charge in [0.2, 0.25) is 0 Å². The van der Waals surface area contributed by atoms with Crippen LogP contribution in [0.1, 0.15) is 58.7 Å². The molecule has 0 aliphatic heterocycles. The third-order valence-electron chi connectivity index (χ3n) is 3.82. The Balaban J connectivity index is 2.38. The van der Waals surface area contributed by atoms with Crippen molar-refractivity contribution < 1.29 is 0 Å². The number of aromatic nitrogens is 2. The Hall–Kier alpha value is -0.570. The maximum Gasteiger partial charge on any atom is 0.177 e. The van der Waals surface area contributed by atoms with Gasteiger partial charge in [0.15, 0.2) is 4.77 Å². The zero-order chi connectivity index (χ0) is 11.9. The van der Waals surface area contributed by atoms with E-state index >= 15 is 0 Å². The van der Waals surface area contributed by atoms with Crippen LogP contribution in [0.15, 0.2) is 6.20 Å². The maximum atomic E-state index is 5.42. The molecule has 90 valence electrons. The Morgan fingerprint density at radius 1 is 1.44 bits per heavy atom. The number of aromatic amines is 1. The van der Waals surface area contributed by atoms with Crippen molar-refractivity contribution in [2.24, 2.45) is 5.92 Å². The van der Waals surface area contributed by atoms with E-state index in [4.69, 9.17) is 12.2 Å². The first-order valence-corrected chi connectivity index (χ1v) is 6.62. The summed E-state index contributed by atoms with van der Waals surface area (Å²) >= 11 is 5.42. The highest BCUT2D eigenvalue weighted by Gasteiger charge is 2.29. The van der Waals surface area contributed by atoms with Gasteiger partial charge in [-0.05, 0) is 37.9 Å². The van der Waals surface area contributed by atoms with Crippen LogP contribution in [0, 0.1) is 10.7 Å². The molecule has 1 fully saturated rings. The van der Waals surface area contributed by atoms with E-state index in [9.17, 15) is 0 Å². The van der Waals surface area contributed by atoms with Crippen LogP contribution in [0.25, 0.3) is 0 Å². The van der Waals surface area contributed by atoms with Gasteiger partial charge in [0.05, 0.1) is 0 Å². The monoisotopic (exact) mass is 238 g/mol. The van der Waals surface area contributed by atoms with E-state index in [-0.39, 0.29) is 5.41 Å². The Kier molecular flexibility index (Phi) is 2.99. The molecule has 0 bridgehead atoms. The van der Waals surface area contributed by atoms with E-state index in [1.54, 1.807) is 0 Å². The van der Waals surface area contributed by atoms with Crippen molar-refractivity contribution in [2.45, 2.75) is 58.4 Å². The van der Waals surface area contributed by atoms with Gasteiger partial charge in [-0.1, -0.05) is 27.2 Å². The predicted octanol–water partition coefficient (Wildman–Crippen LogP) is 4.20. The van der Waals surface area contributed by atoms with Gasteiger partial charge < -0.3 is 9.55 Å². The van der Waals surface area contributed by atoms with Crippen molar-refractivity contribution in [1.29, 1.82) is 0 Å². The molecule has 1 aliphatic rings. The fourth-order valence-electron chi connectivity index (χ4n) is 2.49. The molecule has 0 saturated heterocycles. The van der Waals surface area contributed by atoms with E-state index in [1.807, 2.05) is 0 Å². The highest BCUT2D eigenvalue weighted by Crippen LogP contribution is 2.38. The first-order chi connectivity index (χ1) is 7.41. The normalized spacial score (nSPS) is 19.5. The third-order valence-corrected chi connectivity index (χ3v) is 4.13. The van der Waals surface area contributed by atoms with E-state index in [0.717, 1.165) is 10.7 Å². The summed E-state index contributed by atoms with van der Waals surface area (Å²) in [6, 6.07) is 0.543. The third kappa shape index (κ3) is 1.97. The molecule has 1 aliphatic carbocycles. The summed E-state index contributed by atoms with van der Waals surface area (Å²) in [7, 11) is 0. The Morgan fingerprint density at radius 3 is 2.50 bits per heavy atom. The molecule has 0 aromatic carbocycles. The largest absolute Gasteiger partial charge is 0.337 e. The molecule has 3 heteroatoms. The van der Waals surface area contributed by atoms with E-state index in [0.29, 0.717) is 6.04 Å². The summed E-state index contributed by atoms with van der Waals surface area (Å²) in [5.74, 6) is 0.823. The lowest BCUT2D eigenvalue weighted by molar-refractivity contribution is 0.214. The molecule has 2 rings (SSSR count). The van der Waals surface area contributed by atoms with Crippen molar-refractivity contribution in [3.8, 4) is 0 Å². The van der Waals surface area contributed by atoms with Crippen LogP contribution in [0.2, 0.25) is 0 Å². The molecule has 1 unspecified atom stereocenters. The smallest absolute Gasteiger partial charge is 0.177 e. The number of rotatable bonds is 2. The Bertz CT molecular complexity index is 418. The molecule has 1 aromatic rings. The Morgan fingerprint density at radius 2 is 2.06 bits per heavy atom. The van der Waals surface area contributed by atoms with Gasteiger partial charge in [0.25, 0.3) is 0 Å². The van der Waals surface area contributed by atoms with Crippen molar-refractivity contribution in [1.82, 2.24) is 9.55 Å². The van der Waals surface area contributed by atoms with Crippen LogP contribution in [0.3, 0.4) is 0 Å². The highest BCUT2D eigenvalue weighted by atomic mass is 32.1. The van der Waals surface area contributed by atoms with Crippen molar-refractivity contribution in [3.05, 3.63) is 16.7 Å². The van der Waals surface area contributed by atoms with Crippen LogP contribution in [-0.2, 0) is 5.41 Å². The second kappa shape index (κ2) is 4.02. The topological polar surface area (TPSA) is 20.7 Å². The molecule has 1 N–H and O–H groups in total. The highest BCUT2D eigenvalue weighted by molar-refractivity contribution is 7.71. The van der Waals surface area contributed by atoms with Gasteiger partial charge in [-0.15, -0.1) is 0 Å². The predicted molar refractivity (Wildman–Crippen MR) is 70.4 cm³/mol. The molecular formula is C13H22N2S. The van der Waals surface area contributed by atoms with Crippen molar-refractivity contribution >= 4 is 12.2 Å². The Labute approximate surface area is 103 Å². The second-order valence-corrected chi connectivity index (χ2v) is 6.42. The summed E-state index contributed by atoms with van der Waals surface area (Å²) in [4.78, 5) is 3.21. The number of hydrogen-bond donors (Lipinski definition) is 1. The molecular weight excluding hydrogens is 216 g/mol. The lowest BCUT2D eigenvalue weighted by Crippen LogP contribution is -2.27. The number of H-pyrrole nitrogens is 1. The van der Waals surface area contributed by atoms with Gasteiger partial charge >= 0.3 is 0 Å². The average molecular weight is 238 g/mol.